The van der Waals surface area contributed by atoms with Crippen LogP contribution < -0.4 is 5.32 Å². The molecule has 0 atom stereocenters. The smallest absolute Gasteiger partial charge is 0.247 e. The molecule has 3 aromatic rings. The fraction of sp³-hybridized carbons (Fsp3) is 0.0667. The van der Waals surface area contributed by atoms with Crippen LogP contribution in [0.3, 0.4) is 0 Å². The molecule has 2 aromatic carbocycles. The van der Waals surface area contributed by atoms with Crippen LogP contribution in [0.25, 0.3) is 11.5 Å². The molecule has 0 fully saturated rings. The largest absolute Gasteiger partial charge is 0.419 e. The first-order chi connectivity index (χ1) is 10.6. The lowest BCUT2D eigenvalue weighted by Crippen LogP contribution is -2.00. The van der Waals surface area contributed by atoms with Gasteiger partial charge in [0.15, 0.2) is 0 Å². The van der Waals surface area contributed by atoms with Crippen LogP contribution in [-0.2, 0) is 6.54 Å². The average Bonchev–Trinajstić information content (AvgIpc) is 2.98. The molecule has 3 rings (SSSR count). The molecule has 0 aliphatic carbocycles. The molecule has 1 heterocycles. The number of aromatic nitrogens is 2. The van der Waals surface area contributed by atoms with E-state index in [2.05, 4.69) is 15.5 Å². The second kappa shape index (κ2) is 6.34. The second-order valence-corrected chi connectivity index (χ2v) is 5.25. The van der Waals surface area contributed by atoms with Gasteiger partial charge < -0.3 is 9.73 Å². The van der Waals surface area contributed by atoms with Crippen molar-refractivity contribution in [1.29, 1.82) is 0 Å². The Morgan fingerprint density at radius 1 is 1.05 bits per heavy atom. The third kappa shape index (κ3) is 3.21. The van der Waals surface area contributed by atoms with Crippen LogP contribution in [0.5, 0.6) is 0 Å². The lowest BCUT2D eigenvalue weighted by molar-refractivity contribution is 0.515. The molecular weight excluding hydrogens is 328 g/mol. The van der Waals surface area contributed by atoms with Crippen LogP contribution in [0.15, 0.2) is 46.9 Å². The van der Waals surface area contributed by atoms with Crippen molar-refractivity contribution in [3.63, 3.8) is 0 Å². The van der Waals surface area contributed by atoms with Gasteiger partial charge in [-0.2, -0.15) is 0 Å². The minimum absolute atomic E-state index is 0.300. The second-order valence-electron chi connectivity index (χ2n) is 4.46. The van der Waals surface area contributed by atoms with E-state index in [1.165, 1.54) is 12.1 Å². The summed E-state index contributed by atoms with van der Waals surface area (Å²) in [5, 5.41) is 11.8. The molecule has 0 radical (unpaired) electrons. The van der Waals surface area contributed by atoms with Gasteiger partial charge in [-0.25, -0.2) is 4.39 Å². The third-order valence-corrected chi connectivity index (χ3v) is 3.76. The van der Waals surface area contributed by atoms with E-state index in [9.17, 15) is 4.39 Å². The van der Waals surface area contributed by atoms with Crippen molar-refractivity contribution in [2.45, 2.75) is 6.54 Å². The van der Waals surface area contributed by atoms with Crippen molar-refractivity contribution >= 4 is 28.9 Å². The van der Waals surface area contributed by atoms with Crippen LogP contribution in [-0.4, -0.2) is 10.2 Å². The van der Waals surface area contributed by atoms with Gasteiger partial charge in [-0.05, 0) is 36.4 Å². The third-order valence-electron chi connectivity index (χ3n) is 2.94. The summed E-state index contributed by atoms with van der Waals surface area (Å²) in [6, 6.07) is 11.1. The number of nitrogens with zero attached hydrogens (tertiary/aromatic N) is 2. The number of benzene rings is 2. The van der Waals surface area contributed by atoms with Crippen LogP contribution >= 0.6 is 23.2 Å². The number of rotatable bonds is 4. The maximum absolute atomic E-state index is 12.9. The average molecular weight is 338 g/mol. The zero-order valence-electron chi connectivity index (χ0n) is 11.2. The Labute approximate surface area is 135 Å². The molecule has 0 spiro atoms. The van der Waals surface area contributed by atoms with E-state index in [-0.39, 0.29) is 5.82 Å². The molecule has 0 aliphatic heterocycles. The predicted octanol–water partition coefficient (Wildman–Crippen LogP) is 4.79. The molecule has 0 saturated heterocycles. The lowest BCUT2D eigenvalue weighted by Gasteiger charge is -2.06. The monoisotopic (exact) mass is 337 g/mol. The predicted molar refractivity (Wildman–Crippen MR) is 83.5 cm³/mol. The minimum atomic E-state index is -0.319. The van der Waals surface area contributed by atoms with E-state index < -0.39 is 0 Å². The molecule has 0 amide bonds. The van der Waals surface area contributed by atoms with Gasteiger partial charge in [0, 0.05) is 5.56 Å². The Hall–Kier alpha value is -2.11. The topological polar surface area (TPSA) is 51.0 Å². The van der Waals surface area contributed by atoms with Crippen LogP contribution in [0.1, 0.15) is 5.89 Å². The highest BCUT2D eigenvalue weighted by Crippen LogP contribution is 2.29. The zero-order valence-corrected chi connectivity index (χ0v) is 12.7. The van der Waals surface area contributed by atoms with Gasteiger partial charge in [0.2, 0.25) is 11.8 Å². The highest BCUT2D eigenvalue weighted by molar-refractivity contribution is 6.43. The first kappa shape index (κ1) is 14.8. The Kier molecular flexibility index (Phi) is 4.27. The van der Waals surface area contributed by atoms with E-state index in [0.29, 0.717) is 39.6 Å². The van der Waals surface area contributed by atoms with Crippen LogP contribution in [0.2, 0.25) is 10.0 Å². The van der Waals surface area contributed by atoms with Crippen LogP contribution in [0, 0.1) is 5.82 Å². The van der Waals surface area contributed by atoms with Gasteiger partial charge >= 0.3 is 0 Å². The van der Waals surface area contributed by atoms with E-state index in [1.54, 1.807) is 30.3 Å². The molecule has 4 nitrogen and oxygen atoms in total. The fourth-order valence-electron chi connectivity index (χ4n) is 1.85. The maximum Gasteiger partial charge on any atom is 0.247 e. The van der Waals surface area contributed by atoms with Gasteiger partial charge in [-0.3, -0.25) is 0 Å². The summed E-state index contributed by atoms with van der Waals surface area (Å²) < 4.78 is 18.4. The number of hydrogen-bond acceptors (Lipinski definition) is 4. The number of hydrogen-bond donors (Lipinski definition) is 1. The standard InChI is InChI=1S/C15H10Cl2FN3O/c16-11-2-1-3-12(14(11)17)19-8-13-20-21-15(22-13)9-4-6-10(18)7-5-9/h1-7,19H,8H2. The summed E-state index contributed by atoms with van der Waals surface area (Å²) in [6.45, 7) is 0.300. The maximum atomic E-state index is 12.9. The lowest BCUT2D eigenvalue weighted by atomic mass is 10.2. The quantitative estimate of drug-likeness (QED) is 0.743. The van der Waals surface area contributed by atoms with Crippen molar-refractivity contribution in [2.24, 2.45) is 0 Å². The van der Waals surface area contributed by atoms with Crippen molar-refractivity contribution in [1.82, 2.24) is 10.2 Å². The van der Waals surface area contributed by atoms with E-state index >= 15 is 0 Å². The summed E-state index contributed by atoms with van der Waals surface area (Å²) >= 11 is 12.0. The number of anilines is 1. The Morgan fingerprint density at radius 3 is 2.59 bits per heavy atom. The molecule has 0 bridgehead atoms. The highest BCUT2D eigenvalue weighted by Gasteiger charge is 2.10. The van der Waals surface area contributed by atoms with Gasteiger partial charge in [0.1, 0.15) is 5.82 Å². The van der Waals surface area contributed by atoms with Gasteiger partial charge in [-0.1, -0.05) is 29.3 Å². The molecule has 1 N–H and O–H groups in total. The molecule has 0 saturated carbocycles. The zero-order chi connectivity index (χ0) is 15.5. The Balaban J connectivity index is 1.72. The van der Waals surface area contributed by atoms with Crippen molar-refractivity contribution in [2.75, 3.05) is 5.32 Å². The van der Waals surface area contributed by atoms with Gasteiger partial charge in [-0.15, -0.1) is 10.2 Å². The van der Waals surface area contributed by atoms with Gasteiger partial charge in [0.05, 0.1) is 22.3 Å². The molecule has 22 heavy (non-hydrogen) atoms. The molecular formula is C15H10Cl2FN3O. The molecule has 1 aromatic heterocycles. The molecule has 0 unspecified atom stereocenters. The normalized spacial score (nSPS) is 10.7. The Morgan fingerprint density at radius 2 is 1.82 bits per heavy atom. The van der Waals surface area contributed by atoms with Crippen LogP contribution in [0.4, 0.5) is 10.1 Å². The fourth-order valence-corrected chi connectivity index (χ4v) is 2.21. The molecule has 0 aliphatic rings. The van der Waals surface area contributed by atoms with Gasteiger partial charge in [0.25, 0.3) is 0 Å². The first-order valence-electron chi connectivity index (χ1n) is 6.39. The van der Waals surface area contributed by atoms with Crippen molar-refractivity contribution in [3.05, 3.63) is 64.2 Å². The summed E-state index contributed by atoms with van der Waals surface area (Å²) in [7, 11) is 0. The van der Waals surface area contributed by atoms with Crippen molar-refractivity contribution in [3.8, 4) is 11.5 Å². The van der Waals surface area contributed by atoms with E-state index in [1.807, 2.05) is 0 Å². The SMILES string of the molecule is Fc1ccc(-c2nnc(CNc3cccc(Cl)c3Cl)o2)cc1. The number of halogens is 3. The molecule has 112 valence electrons. The number of nitrogens with one attached hydrogen (secondary N) is 1. The summed E-state index contributed by atoms with van der Waals surface area (Å²) in [5.74, 6) is 0.394. The summed E-state index contributed by atoms with van der Waals surface area (Å²) in [5.41, 5.74) is 1.33. The summed E-state index contributed by atoms with van der Waals surface area (Å²) in [4.78, 5) is 0. The van der Waals surface area contributed by atoms with Crippen molar-refractivity contribution < 1.29 is 8.81 Å². The highest BCUT2D eigenvalue weighted by atomic mass is 35.5. The molecule has 7 heteroatoms. The first-order valence-corrected chi connectivity index (χ1v) is 7.15. The Bertz CT molecular complexity index is 790. The van der Waals surface area contributed by atoms with E-state index in [4.69, 9.17) is 27.6 Å². The van der Waals surface area contributed by atoms with E-state index in [0.717, 1.165) is 0 Å². The minimum Gasteiger partial charge on any atom is -0.419 e. The summed E-state index contributed by atoms with van der Waals surface area (Å²) in [6.07, 6.45) is 0.